The number of nitrogens with two attached hydrogens (primary N) is 1. The molecule has 0 unspecified atom stereocenters. The fourth-order valence-electron chi connectivity index (χ4n) is 6.37. The third-order valence-corrected chi connectivity index (χ3v) is 9.45. The Morgan fingerprint density at radius 1 is 0.857 bits per heavy atom. The van der Waals surface area contributed by atoms with Gasteiger partial charge < -0.3 is 52.3 Å². The van der Waals surface area contributed by atoms with Gasteiger partial charge in [-0.25, -0.2) is 9.59 Å². The van der Waals surface area contributed by atoms with Crippen molar-refractivity contribution in [2.75, 3.05) is 13.1 Å². The van der Waals surface area contributed by atoms with Gasteiger partial charge in [0, 0.05) is 48.9 Å². The summed E-state index contributed by atoms with van der Waals surface area (Å²) in [6, 6.07) is 14.4. The van der Waals surface area contributed by atoms with Crippen LogP contribution >= 0.6 is 0 Å². The van der Waals surface area contributed by atoms with E-state index in [1.807, 2.05) is 29.2 Å². The van der Waals surface area contributed by atoms with Crippen molar-refractivity contribution in [3.05, 3.63) is 105 Å². The molecule has 18 nitrogen and oxygen atoms in total. The minimum absolute atomic E-state index is 0.0454. The first-order valence-electron chi connectivity index (χ1n) is 18.6. The van der Waals surface area contributed by atoms with Crippen molar-refractivity contribution in [2.45, 2.75) is 88.2 Å². The Morgan fingerprint density at radius 3 is 2.34 bits per heavy atom. The number of para-hydroxylation sites is 1. The molecule has 7 atom stereocenters. The molecule has 0 spiro atoms. The predicted octanol–water partition coefficient (Wildman–Crippen LogP) is -0.627. The molecule has 18 heteroatoms. The smallest absolute Gasteiger partial charge is 0.330 e. The second-order valence-corrected chi connectivity index (χ2v) is 13.6. The summed E-state index contributed by atoms with van der Waals surface area (Å²) in [4.78, 5) is 83.2. The maximum absolute atomic E-state index is 13.9. The van der Waals surface area contributed by atoms with Gasteiger partial charge >= 0.3 is 11.7 Å². The molecule has 0 radical (unpaired) electrons. The summed E-state index contributed by atoms with van der Waals surface area (Å²) in [7, 11) is 0. The van der Waals surface area contributed by atoms with Gasteiger partial charge in [0.15, 0.2) is 12.4 Å². The maximum Gasteiger partial charge on any atom is 0.330 e. The highest BCUT2D eigenvalue weighted by molar-refractivity contribution is 5.95. The van der Waals surface area contributed by atoms with Crippen LogP contribution in [0.1, 0.15) is 50.0 Å². The van der Waals surface area contributed by atoms with Crippen molar-refractivity contribution in [2.24, 2.45) is 5.73 Å². The Hall–Kier alpha value is -5.82. The molecule has 2 aromatic carbocycles. The van der Waals surface area contributed by atoms with Gasteiger partial charge in [-0.05, 0) is 30.0 Å². The molecule has 1 aliphatic rings. The zero-order valence-electron chi connectivity index (χ0n) is 30.9. The lowest BCUT2D eigenvalue weighted by Crippen LogP contribution is -2.63. The Kier molecular flexibility index (Phi) is 14.5. The lowest BCUT2D eigenvalue weighted by Gasteiger charge is -2.26. The first-order chi connectivity index (χ1) is 26.9. The van der Waals surface area contributed by atoms with Crippen LogP contribution in [0.5, 0.6) is 0 Å². The second-order valence-electron chi connectivity index (χ2n) is 13.6. The topological polar surface area (TPSA) is 275 Å². The summed E-state index contributed by atoms with van der Waals surface area (Å²) in [5, 5.41) is 35.2. The number of unbranched alkanes of at least 4 members (excludes halogenated alkanes) is 3. The van der Waals surface area contributed by atoms with Crippen LogP contribution in [0.2, 0.25) is 0 Å². The number of hydrogen-bond donors (Lipinski definition) is 10. The number of carbonyl (C=O) groups excluding carboxylic acids is 4. The van der Waals surface area contributed by atoms with E-state index in [9.17, 15) is 39.0 Å². The van der Waals surface area contributed by atoms with Gasteiger partial charge in [-0.2, -0.15) is 0 Å². The molecule has 1 saturated heterocycles. The van der Waals surface area contributed by atoms with Crippen molar-refractivity contribution in [1.29, 1.82) is 0 Å². The third kappa shape index (κ3) is 10.9. The average molecular weight is 776 g/mol. The molecule has 1 aliphatic heterocycles. The van der Waals surface area contributed by atoms with Gasteiger partial charge in [0.05, 0.1) is 6.04 Å². The quantitative estimate of drug-likeness (QED) is 0.0452. The van der Waals surface area contributed by atoms with Gasteiger partial charge in [-0.3, -0.25) is 28.7 Å². The minimum atomic E-state index is -1.73. The second kappa shape index (κ2) is 19.7. The van der Waals surface area contributed by atoms with Crippen LogP contribution in [-0.4, -0.2) is 98.2 Å². The number of nitrogens with one attached hydrogen (secondary N) is 7. The summed E-state index contributed by atoms with van der Waals surface area (Å²) in [6.07, 6.45) is -0.937. The van der Waals surface area contributed by atoms with E-state index in [1.165, 1.54) is 0 Å². The Balaban J connectivity index is 1.31. The Morgan fingerprint density at radius 2 is 1.59 bits per heavy atom. The van der Waals surface area contributed by atoms with E-state index in [1.54, 1.807) is 36.5 Å². The van der Waals surface area contributed by atoms with Crippen molar-refractivity contribution in [3.8, 4) is 0 Å². The number of H-pyrrole nitrogens is 2. The molecular formula is C38H49N9O9. The summed E-state index contributed by atoms with van der Waals surface area (Å²) in [6.45, 7) is 2.02. The molecule has 11 N–H and O–H groups in total. The van der Waals surface area contributed by atoms with E-state index in [2.05, 4.69) is 38.5 Å². The number of aliphatic hydroxyl groups excluding tert-OH is 2. The minimum Gasteiger partial charge on any atom is -0.387 e. The lowest BCUT2D eigenvalue weighted by atomic mass is 10.0. The van der Waals surface area contributed by atoms with Gasteiger partial charge in [-0.1, -0.05) is 74.7 Å². The van der Waals surface area contributed by atoms with E-state index in [-0.39, 0.29) is 12.8 Å². The molecule has 3 heterocycles. The van der Waals surface area contributed by atoms with Crippen LogP contribution in [0.3, 0.4) is 0 Å². The normalized spacial score (nSPS) is 19.4. The van der Waals surface area contributed by atoms with Crippen LogP contribution in [0.15, 0.2) is 82.6 Å². The number of ether oxygens (including phenoxy) is 1. The maximum atomic E-state index is 13.9. The van der Waals surface area contributed by atoms with E-state index in [0.717, 1.165) is 59.0 Å². The summed E-state index contributed by atoms with van der Waals surface area (Å²) in [5.74, 6) is -2.52. The molecule has 2 aromatic heterocycles. The summed E-state index contributed by atoms with van der Waals surface area (Å²) < 4.78 is 6.58. The van der Waals surface area contributed by atoms with E-state index in [0.29, 0.717) is 12.1 Å². The highest BCUT2D eigenvalue weighted by atomic mass is 16.6. The fraction of sp³-hybridized carbons (Fsp3) is 0.421. The third-order valence-electron chi connectivity index (χ3n) is 9.45. The van der Waals surface area contributed by atoms with E-state index < -0.39 is 84.3 Å². The average Bonchev–Trinajstić information content (AvgIpc) is 3.72. The summed E-state index contributed by atoms with van der Waals surface area (Å²) in [5.41, 5.74) is 7.05. The monoisotopic (exact) mass is 775 g/mol. The molecule has 56 heavy (non-hydrogen) atoms. The molecular weight excluding hydrogens is 726 g/mol. The van der Waals surface area contributed by atoms with Crippen molar-refractivity contribution >= 4 is 34.7 Å². The van der Waals surface area contributed by atoms with Crippen LogP contribution in [0.25, 0.3) is 10.9 Å². The first kappa shape index (κ1) is 41.3. The van der Waals surface area contributed by atoms with Crippen LogP contribution in [0.4, 0.5) is 4.79 Å². The Labute approximate surface area is 321 Å². The highest BCUT2D eigenvalue weighted by Crippen LogP contribution is 2.28. The zero-order chi connectivity index (χ0) is 40.2. The highest BCUT2D eigenvalue weighted by Gasteiger charge is 2.44. The molecule has 0 saturated carbocycles. The van der Waals surface area contributed by atoms with E-state index in [4.69, 9.17) is 10.5 Å². The number of amides is 5. The molecule has 5 amide bonds. The number of hydrogen-bond acceptors (Lipinski definition) is 10. The largest absolute Gasteiger partial charge is 0.387 e. The van der Waals surface area contributed by atoms with Crippen molar-refractivity contribution in [1.82, 2.24) is 41.1 Å². The van der Waals surface area contributed by atoms with Gasteiger partial charge in [0.2, 0.25) is 11.8 Å². The number of fused-ring (bicyclic) bond motifs is 1. The molecule has 0 bridgehead atoms. The van der Waals surface area contributed by atoms with Crippen LogP contribution in [-0.2, 0) is 32.0 Å². The van der Waals surface area contributed by atoms with E-state index >= 15 is 0 Å². The standard InChI is InChI=1S/C38H49N9O9/c1-2-3-4-10-16-40-37(54)43-27(18-22-11-6-5-7-12-22)34(52)46-32(45-33(51)25(39)19-23-20-41-26-14-9-8-13-24(23)26)35(53)42-21-28-30(49)31(50)36(56-28)47-17-15-29(48)44-38(47)55/h5-9,11-15,17,20,25,27-28,30-32,36,41,49-50H,2-4,10,16,18-19,21,39H2,1H3,(H,42,53)(H,45,51)(H,46,52)(H2,40,43,54)(H,44,48,55)/t25-,27-,28+,30+,31+,32+,36+/m0/s1. The van der Waals surface area contributed by atoms with Crippen LogP contribution in [0, 0.1) is 0 Å². The van der Waals surface area contributed by atoms with Gasteiger partial charge in [-0.15, -0.1) is 0 Å². The van der Waals surface area contributed by atoms with Crippen LogP contribution < -0.4 is 43.6 Å². The van der Waals surface area contributed by atoms with Crippen molar-refractivity contribution < 1.29 is 34.1 Å². The molecule has 5 rings (SSSR count). The van der Waals surface area contributed by atoms with Gasteiger partial charge in [0.25, 0.3) is 11.5 Å². The zero-order valence-corrected chi connectivity index (χ0v) is 30.9. The molecule has 4 aromatic rings. The summed E-state index contributed by atoms with van der Waals surface area (Å²) >= 11 is 0. The van der Waals surface area contributed by atoms with Gasteiger partial charge in [0.1, 0.15) is 24.4 Å². The predicted molar refractivity (Wildman–Crippen MR) is 205 cm³/mol. The number of aliphatic hydroxyl groups is 2. The first-order valence-corrected chi connectivity index (χ1v) is 18.6. The number of aromatic nitrogens is 3. The molecule has 300 valence electrons. The molecule has 0 aliphatic carbocycles. The fourth-order valence-corrected chi connectivity index (χ4v) is 6.37. The lowest BCUT2D eigenvalue weighted by molar-refractivity contribution is -0.134. The van der Waals surface area contributed by atoms with Crippen molar-refractivity contribution in [3.63, 3.8) is 0 Å². The number of carbonyl (C=O) groups is 4. The number of benzene rings is 2. The number of nitrogens with zero attached hydrogens (tertiary/aromatic N) is 1. The SMILES string of the molecule is CCCCCCNC(=O)N[C@@H](Cc1ccccc1)C(=O)N[C@@H](NC(=O)[C@@H](N)Cc1c[nH]c2ccccc12)C(=O)NC[C@H]1O[C@@H](n2ccc(=O)[nH]c2=O)[C@H](O)[C@@H]1O. The molecule has 1 fully saturated rings. The Bertz CT molecular complexity index is 2070. The number of urea groups is 1. The number of rotatable bonds is 18. The number of aromatic amines is 2.